The van der Waals surface area contributed by atoms with Crippen LogP contribution in [0.3, 0.4) is 0 Å². The summed E-state index contributed by atoms with van der Waals surface area (Å²) < 4.78 is 51.9. The Morgan fingerprint density at radius 1 is 1.33 bits per heavy atom. The summed E-state index contributed by atoms with van der Waals surface area (Å²) in [5, 5.41) is 0. The van der Waals surface area contributed by atoms with E-state index in [9.17, 15) is 17.2 Å². The molecule has 0 unspecified atom stereocenters. The topological polar surface area (TPSA) is 72.2 Å². The van der Waals surface area contributed by atoms with Gasteiger partial charge in [-0.1, -0.05) is 12.2 Å². The average Bonchev–Trinajstić information content (AvgIpc) is 2.29. The van der Waals surface area contributed by atoms with Crippen LogP contribution in [0.2, 0.25) is 0 Å². The molecule has 100 valence electrons. The summed E-state index contributed by atoms with van der Waals surface area (Å²) in [6.45, 7) is 1.93. The van der Waals surface area contributed by atoms with Crippen LogP contribution in [0.25, 0.3) is 0 Å². The molecule has 0 spiro atoms. The van der Waals surface area contributed by atoms with Gasteiger partial charge in [-0.2, -0.15) is 0 Å². The third-order valence-corrected chi connectivity index (χ3v) is 3.66. The minimum absolute atomic E-state index is 0.128. The summed E-state index contributed by atoms with van der Waals surface area (Å²) in [4.78, 5) is -0.651. The maximum absolute atomic E-state index is 13.4. The molecular weight excluding hydrogens is 262 g/mol. The van der Waals surface area contributed by atoms with Gasteiger partial charge < -0.3 is 5.73 Å². The van der Waals surface area contributed by atoms with Crippen LogP contribution < -0.4 is 10.5 Å². The Morgan fingerprint density at radius 3 is 2.61 bits per heavy atom. The van der Waals surface area contributed by atoms with Crippen molar-refractivity contribution in [3.8, 4) is 0 Å². The van der Waals surface area contributed by atoms with Crippen molar-refractivity contribution < 1.29 is 17.2 Å². The Labute approximate surface area is 105 Å². The number of nitrogen functional groups attached to an aromatic ring is 1. The van der Waals surface area contributed by atoms with Crippen LogP contribution >= 0.6 is 0 Å². The van der Waals surface area contributed by atoms with Crippen molar-refractivity contribution >= 4 is 15.7 Å². The molecule has 4 nitrogen and oxygen atoms in total. The molecule has 1 aromatic rings. The Balaban J connectivity index is 2.95. The van der Waals surface area contributed by atoms with Crippen molar-refractivity contribution in [3.05, 3.63) is 35.9 Å². The summed E-state index contributed by atoms with van der Waals surface area (Å²) in [6.07, 6.45) is 4.01. The second kappa shape index (κ2) is 5.92. The summed E-state index contributed by atoms with van der Waals surface area (Å²) in [5.74, 6) is -2.15. The number of allylic oxidation sites excluding steroid dienone is 1. The number of benzene rings is 1. The summed E-state index contributed by atoms with van der Waals surface area (Å²) in [6, 6.07) is 1.22. The lowest BCUT2D eigenvalue weighted by Gasteiger charge is -2.08. The van der Waals surface area contributed by atoms with Gasteiger partial charge in [0.05, 0.1) is 5.69 Å². The highest BCUT2D eigenvalue weighted by molar-refractivity contribution is 7.89. The minimum Gasteiger partial charge on any atom is -0.396 e. The number of rotatable bonds is 5. The van der Waals surface area contributed by atoms with Gasteiger partial charge in [0.2, 0.25) is 10.0 Å². The van der Waals surface area contributed by atoms with Crippen molar-refractivity contribution in [1.29, 1.82) is 0 Å². The third-order valence-electron chi connectivity index (χ3n) is 2.18. The molecule has 0 saturated heterocycles. The molecule has 18 heavy (non-hydrogen) atoms. The van der Waals surface area contributed by atoms with Crippen molar-refractivity contribution in [2.24, 2.45) is 0 Å². The van der Waals surface area contributed by atoms with Gasteiger partial charge in [-0.3, -0.25) is 0 Å². The molecule has 0 heterocycles. The van der Waals surface area contributed by atoms with Gasteiger partial charge in [-0.25, -0.2) is 21.9 Å². The summed E-state index contributed by atoms with van der Waals surface area (Å²) in [7, 11) is -4.02. The second-order valence-corrected chi connectivity index (χ2v) is 5.30. The molecule has 0 atom stereocenters. The van der Waals surface area contributed by atoms with Crippen molar-refractivity contribution in [1.82, 2.24) is 4.72 Å². The molecule has 7 heteroatoms. The van der Waals surface area contributed by atoms with Gasteiger partial charge in [0, 0.05) is 12.6 Å². The Bertz CT molecular complexity index is 556. The van der Waals surface area contributed by atoms with Crippen LogP contribution in [-0.2, 0) is 10.0 Å². The maximum Gasteiger partial charge on any atom is 0.243 e. The lowest BCUT2D eigenvalue weighted by atomic mass is 10.3. The van der Waals surface area contributed by atoms with Gasteiger partial charge >= 0.3 is 0 Å². The molecule has 0 aromatic heterocycles. The highest BCUT2D eigenvalue weighted by Gasteiger charge is 2.20. The first-order chi connectivity index (χ1) is 8.38. The van der Waals surface area contributed by atoms with Crippen LogP contribution in [-0.4, -0.2) is 15.0 Å². The van der Waals surface area contributed by atoms with E-state index < -0.39 is 32.2 Å². The molecule has 1 aromatic carbocycles. The van der Waals surface area contributed by atoms with Gasteiger partial charge in [0.25, 0.3) is 0 Å². The first-order valence-electron chi connectivity index (χ1n) is 5.24. The number of anilines is 1. The Hall–Kier alpha value is -1.47. The number of nitrogens with one attached hydrogen (secondary N) is 1. The van der Waals surface area contributed by atoms with E-state index in [1.807, 2.05) is 0 Å². The molecule has 0 aliphatic heterocycles. The van der Waals surface area contributed by atoms with Crippen molar-refractivity contribution in [2.45, 2.75) is 18.2 Å². The predicted octanol–water partition coefficient (Wildman–Crippen LogP) is 1.79. The second-order valence-electron chi connectivity index (χ2n) is 3.56. The van der Waals surface area contributed by atoms with Gasteiger partial charge in [0.15, 0.2) is 0 Å². The fourth-order valence-corrected chi connectivity index (χ4v) is 2.41. The zero-order chi connectivity index (χ0) is 13.8. The van der Waals surface area contributed by atoms with E-state index in [2.05, 4.69) is 4.72 Å². The molecule has 0 saturated carbocycles. The maximum atomic E-state index is 13.4. The number of hydrogen-bond donors (Lipinski definition) is 2. The lowest BCUT2D eigenvalue weighted by molar-refractivity contribution is 0.545. The van der Waals surface area contributed by atoms with Gasteiger partial charge in [-0.05, 0) is 19.4 Å². The van der Waals surface area contributed by atoms with Crippen LogP contribution in [0.4, 0.5) is 14.5 Å². The zero-order valence-corrected chi connectivity index (χ0v) is 10.6. The molecule has 0 fully saturated rings. The van der Waals surface area contributed by atoms with Crippen molar-refractivity contribution in [2.75, 3.05) is 12.3 Å². The van der Waals surface area contributed by atoms with Crippen LogP contribution in [0.5, 0.6) is 0 Å². The first kappa shape index (κ1) is 14.6. The van der Waals surface area contributed by atoms with Crippen LogP contribution in [0.1, 0.15) is 13.3 Å². The van der Waals surface area contributed by atoms with E-state index in [0.29, 0.717) is 12.5 Å². The Kier molecular flexibility index (Phi) is 4.80. The standard InChI is InChI=1S/C11H14F2N2O2S/c1-2-3-4-5-15-18(16,17)11-7-10(14)8(12)6-9(11)13/h2-3,6-7,15H,4-5,14H2,1H3/b3-2+. The first-order valence-corrected chi connectivity index (χ1v) is 6.72. The highest BCUT2D eigenvalue weighted by Crippen LogP contribution is 2.20. The predicted molar refractivity (Wildman–Crippen MR) is 65.4 cm³/mol. The lowest BCUT2D eigenvalue weighted by Crippen LogP contribution is -2.25. The molecule has 1 rings (SSSR count). The third kappa shape index (κ3) is 3.51. The van der Waals surface area contributed by atoms with Crippen molar-refractivity contribution in [3.63, 3.8) is 0 Å². The number of sulfonamides is 1. The number of nitrogens with two attached hydrogens (primary N) is 1. The minimum atomic E-state index is -4.02. The van der Waals surface area contributed by atoms with Gasteiger partial charge in [0.1, 0.15) is 16.5 Å². The average molecular weight is 276 g/mol. The molecular formula is C11H14F2N2O2S. The molecule has 0 bridgehead atoms. The van der Waals surface area contributed by atoms with E-state index in [4.69, 9.17) is 5.73 Å². The highest BCUT2D eigenvalue weighted by atomic mass is 32.2. The largest absolute Gasteiger partial charge is 0.396 e. The zero-order valence-electron chi connectivity index (χ0n) is 9.78. The van der Waals surface area contributed by atoms with Gasteiger partial charge in [-0.15, -0.1) is 0 Å². The fraction of sp³-hybridized carbons (Fsp3) is 0.273. The molecule has 0 radical (unpaired) electrons. The Morgan fingerprint density at radius 2 is 2.00 bits per heavy atom. The SMILES string of the molecule is C/C=C/CCNS(=O)(=O)c1cc(N)c(F)cc1F. The fourth-order valence-electron chi connectivity index (χ4n) is 1.27. The summed E-state index contributed by atoms with van der Waals surface area (Å²) >= 11 is 0. The molecule has 0 amide bonds. The van der Waals surface area contributed by atoms with Crippen LogP contribution in [0, 0.1) is 11.6 Å². The van der Waals surface area contributed by atoms with E-state index in [0.717, 1.165) is 6.07 Å². The molecule has 3 N–H and O–H groups in total. The normalized spacial score (nSPS) is 12.2. The molecule has 0 aliphatic carbocycles. The van der Waals surface area contributed by atoms with E-state index in [-0.39, 0.29) is 6.54 Å². The number of hydrogen-bond acceptors (Lipinski definition) is 3. The van der Waals surface area contributed by atoms with E-state index >= 15 is 0 Å². The number of halogens is 2. The summed E-state index contributed by atoms with van der Waals surface area (Å²) in [5.41, 5.74) is 4.81. The van der Waals surface area contributed by atoms with E-state index in [1.54, 1.807) is 19.1 Å². The molecule has 0 aliphatic rings. The smallest absolute Gasteiger partial charge is 0.243 e. The monoisotopic (exact) mass is 276 g/mol. The van der Waals surface area contributed by atoms with Crippen LogP contribution in [0.15, 0.2) is 29.2 Å². The quantitative estimate of drug-likeness (QED) is 0.489. The van der Waals surface area contributed by atoms with E-state index in [1.165, 1.54) is 0 Å².